The van der Waals surface area contributed by atoms with Crippen molar-refractivity contribution >= 4 is 56.5 Å². The summed E-state index contributed by atoms with van der Waals surface area (Å²) in [6, 6.07) is 11.7. The van der Waals surface area contributed by atoms with Crippen molar-refractivity contribution in [3.8, 4) is 11.5 Å². The predicted octanol–water partition coefficient (Wildman–Crippen LogP) is 5.89. The molecule has 0 bridgehead atoms. The molecule has 0 radical (unpaired) electrons. The first-order chi connectivity index (χ1) is 13.5. The summed E-state index contributed by atoms with van der Waals surface area (Å²) < 4.78 is 34.0. The fraction of sp³-hybridized carbons (Fsp3) is 0.0526. The molecular formula is C19H12Cl4O5S. The number of phenols is 2. The van der Waals surface area contributed by atoms with E-state index >= 15 is 0 Å². The fourth-order valence-corrected chi connectivity index (χ4v) is 5.67. The lowest BCUT2D eigenvalue weighted by molar-refractivity contribution is 0.440. The van der Waals surface area contributed by atoms with Crippen molar-refractivity contribution < 1.29 is 23.2 Å². The van der Waals surface area contributed by atoms with Gasteiger partial charge >= 0.3 is 0 Å². The van der Waals surface area contributed by atoms with Gasteiger partial charge in [-0.1, -0.05) is 70.7 Å². The second-order valence-corrected chi connectivity index (χ2v) is 9.22. The van der Waals surface area contributed by atoms with Crippen LogP contribution in [0.4, 0.5) is 0 Å². The molecule has 0 aliphatic heterocycles. The molecule has 10 heteroatoms. The van der Waals surface area contributed by atoms with Crippen LogP contribution in [0.1, 0.15) is 16.7 Å². The van der Waals surface area contributed by atoms with Gasteiger partial charge in [0, 0.05) is 21.2 Å². The Morgan fingerprint density at radius 3 is 1.83 bits per heavy atom. The molecule has 1 atom stereocenters. The van der Waals surface area contributed by atoms with Gasteiger partial charge < -0.3 is 10.2 Å². The van der Waals surface area contributed by atoms with Crippen LogP contribution in [0.3, 0.4) is 0 Å². The van der Waals surface area contributed by atoms with Gasteiger partial charge in [0.15, 0.2) is 4.75 Å². The number of halogens is 4. The molecule has 3 aromatic carbocycles. The van der Waals surface area contributed by atoms with E-state index in [1.807, 2.05) is 0 Å². The highest BCUT2D eigenvalue weighted by Gasteiger charge is 2.52. The van der Waals surface area contributed by atoms with E-state index in [4.69, 9.17) is 46.4 Å². The van der Waals surface area contributed by atoms with Crippen LogP contribution in [0.15, 0.2) is 54.6 Å². The van der Waals surface area contributed by atoms with E-state index in [-0.39, 0.29) is 42.5 Å². The molecule has 5 nitrogen and oxygen atoms in total. The second-order valence-electron chi connectivity index (χ2n) is 6.06. The van der Waals surface area contributed by atoms with Crippen molar-refractivity contribution in [1.82, 2.24) is 0 Å². The maximum atomic E-state index is 13.0. The fourth-order valence-electron chi connectivity index (χ4n) is 3.21. The second kappa shape index (κ2) is 7.87. The summed E-state index contributed by atoms with van der Waals surface area (Å²) >= 11 is 24.6. The minimum atomic E-state index is -5.11. The smallest absolute Gasteiger partial charge is 0.283 e. The van der Waals surface area contributed by atoms with Crippen molar-refractivity contribution in [2.75, 3.05) is 0 Å². The third kappa shape index (κ3) is 3.54. The van der Waals surface area contributed by atoms with E-state index in [0.29, 0.717) is 0 Å². The van der Waals surface area contributed by atoms with Crippen LogP contribution >= 0.6 is 46.4 Å². The van der Waals surface area contributed by atoms with E-state index in [1.54, 1.807) is 0 Å². The number of phenolic OH excluding ortho intramolecular Hbond substituents is 2. The van der Waals surface area contributed by atoms with Gasteiger partial charge in [-0.05, 0) is 35.9 Å². The minimum absolute atomic E-state index is 0.0342. The summed E-state index contributed by atoms with van der Waals surface area (Å²) in [5.41, 5.74) is -0.582. The maximum absolute atomic E-state index is 13.0. The Labute approximate surface area is 186 Å². The molecule has 3 N–H and O–H groups in total. The van der Waals surface area contributed by atoms with Crippen LogP contribution in [0.2, 0.25) is 20.1 Å². The van der Waals surface area contributed by atoms with Gasteiger partial charge in [-0.2, -0.15) is 8.42 Å². The molecular weight excluding hydrogens is 482 g/mol. The lowest BCUT2D eigenvalue weighted by Crippen LogP contribution is -2.39. The van der Waals surface area contributed by atoms with Crippen LogP contribution in [0.25, 0.3) is 0 Å². The summed E-state index contributed by atoms with van der Waals surface area (Å²) in [4.78, 5) is 0. The monoisotopic (exact) mass is 492 g/mol. The Kier molecular flexibility index (Phi) is 5.98. The topological polar surface area (TPSA) is 94.8 Å². The Morgan fingerprint density at radius 1 is 0.759 bits per heavy atom. The Morgan fingerprint density at radius 2 is 1.31 bits per heavy atom. The molecule has 0 aliphatic carbocycles. The molecule has 0 heterocycles. The zero-order chi connectivity index (χ0) is 21.6. The van der Waals surface area contributed by atoms with Crippen LogP contribution in [0, 0.1) is 0 Å². The van der Waals surface area contributed by atoms with Gasteiger partial charge in [0.25, 0.3) is 10.1 Å². The van der Waals surface area contributed by atoms with E-state index < -0.39 is 20.6 Å². The SMILES string of the molecule is O=S(=O)(O)C(c1ccc(O)cc1)(c1ccc(Cl)c(Cl)c1O)c1c(Cl)cccc1Cl. The van der Waals surface area contributed by atoms with E-state index in [1.165, 1.54) is 54.6 Å². The van der Waals surface area contributed by atoms with E-state index in [2.05, 4.69) is 0 Å². The highest BCUT2D eigenvalue weighted by atomic mass is 35.5. The van der Waals surface area contributed by atoms with Gasteiger partial charge in [-0.3, -0.25) is 4.55 Å². The van der Waals surface area contributed by atoms with E-state index in [9.17, 15) is 23.2 Å². The summed E-state index contributed by atoms with van der Waals surface area (Å²) in [6.07, 6.45) is 0. The molecule has 0 fully saturated rings. The van der Waals surface area contributed by atoms with Crippen LogP contribution in [0.5, 0.6) is 11.5 Å². The molecule has 0 spiro atoms. The van der Waals surface area contributed by atoms with Crippen LogP contribution in [-0.4, -0.2) is 23.2 Å². The van der Waals surface area contributed by atoms with Gasteiger partial charge in [0.1, 0.15) is 16.5 Å². The van der Waals surface area contributed by atoms with Crippen molar-refractivity contribution in [2.24, 2.45) is 0 Å². The van der Waals surface area contributed by atoms with Crippen molar-refractivity contribution in [1.29, 1.82) is 0 Å². The van der Waals surface area contributed by atoms with Gasteiger partial charge in [0.2, 0.25) is 0 Å². The predicted molar refractivity (Wildman–Crippen MR) is 114 cm³/mol. The zero-order valence-corrected chi connectivity index (χ0v) is 18.1. The lowest BCUT2D eigenvalue weighted by atomic mass is 9.83. The lowest BCUT2D eigenvalue weighted by Gasteiger charge is -2.34. The molecule has 1 unspecified atom stereocenters. The third-order valence-electron chi connectivity index (χ3n) is 4.42. The van der Waals surface area contributed by atoms with Crippen molar-refractivity contribution in [3.05, 3.63) is 91.4 Å². The van der Waals surface area contributed by atoms with Crippen molar-refractivity contribution in [2.45, 2.75) is 4.75 Å². The average molecular weight is 494 g/mol. The zero-order valence-electron chi connectivity index (χ0n) is 14.3. The number of rotatable bonds is 4. The quantitative estimate of drug-likeness (QED) is 0.311. The normalized spacial score (nSPS) is 13.8. The minimum Gasteiger partial charge on any atom is -0.508 e. The first kappa shape index (κ1) is 22.0. The van der Waals surface area contributed by atoms with Gasteiger partial charge in [0.05, 0.1) is 5.02 Å². The number of benzene rings is 3. The summed E-state index contributed by atoms with van der Waals surface area (Å²) in [6.45, 7) is 0. The molecule has 0 saturated carbocycles. The summed E-state index contributed by atoms with van der Waals surface area (Å²) in [5, 5.41) is 19.8. The Hall–Kier alpha value is -1.67. The van der Waals surface area contributed by atoms with E-state index in [0.717, 1.165) is 0 Å². The average Bonchev–Trinajstić information content (AvgIpc) is 2.64. The highest BCUT2D eigenvalue weighted by Crippen LogP contribution is 2.53. The molecule has 0 saturated heterocycles. The molecule has 152 valence electrons. The van der Waals surface area contributed by atoms with Crippen LogP contribution in [-0.2, 0) is 14.9 Å². The molecule has 3 aromatic rings. The van der Waals surface area contributed by atoms with Crippen molar-refractivity contribution in [3.63, 3.8) is 0 Å². The Bertz CT molecular complexity index is 1180. The molecule has 3 rings (SSSR count). The number of hydrogen-bond acceptors (Lipinski definition) is 4. The van der Waals surface area contributed by atoms with Gasteiger partial charge in [-0.25, -0.2) is 0 Å². The number of aromatic hydroxyl groups is 2. The largest absolute Gasteiger partial charge is 0.508 e. The number of hydrogen-bond donors (Lipinski definition) is 3. The highest BCUT2D eigenvalue weighted by molar-refractivity contribution is 7.87. The summed E-state index contributed by atoms with van der Waals surface area (Å²) in [7, 11) is -5.11. The Balaban J connectivity index is 2.63. The molecule has 0 aliphatic rings. The third-order valence-corrected chi connectivity index (χ3v) is 7.28. The maximum Gasteiger partial charge on any atom is 0.283 e. The molecule has 0 amide bonds. The first-order valence-corrected chi connectivity index (χ1v) is 10.9. The molecule has 0 aromatic heterocycles. The molecule has 29 heavy (non-hydrogen) atoms. The standard InChI is InChI=1S/C19H12Cl4O5S/c20-13-2-1-3-14(21)16(13)19(29(26,27)28,10-4-6-11(24)7-5-10)12-8-9-15(22)17(23)18(12)25/h1-9,24-25H,(H,26,27,28). The summed E-state index contributed by atoms with van der Waals surface area (Å²) in [5.74, 6) is -0.831. The van der Waals surface area contributed by atoms with Crippen LogP contribution < -0.4 is 0 Å². The van der Waals surface area contributed by atoms with Gasteiger partial charge in [-0.15, -0.1) is 0 Å². The first-order valence-electron chi connectivity index (χ1n) is 7.90.